The Morgan fingerprint density at radius 1 is 1.24 bits per heavy atom. The summed E-state index contributed by atoms with van der Waals surface area (Å²) in [5, 5.41) is 3.34. The van der Waals surface area contributed by atoms with Gasteiger partial charge in [0.2, 0.25) is 5.88 Å². The van der Waals surface area contributed by atoms with Crippen LogP contribution in [0.4, 0.5) is 0 Å². The van der Waals surface area contributed by atoms with Crippen molar-refractivity contribution >= 4 is 0 Å². The maximum absolute atomic E-state index is 5.42. The van der Waals surface area contributed by atoms with Crippen molar-refractivity contribution in [1.82, 2.24) is 15.3 Å². The molecule has 1 N–H and O–H groups in total. The van der Waals surface area contributed by atoms with Gasteiger partial charge >= 0.3 is 0 Å². The van der Waals surface area contributed by atoms with E-state index in [1.165, 1.54) is 31.4 Å². The second-order valence-corrected chi connectivity index (χ2v) is 4.92. The summed E-state index contributed by atoms with van der Waals surface area (Å²) in [6, 6.07) is 0. The molecule has 3 rings (SSSR count). The number of hydrogen-bond acceptors (Lipinski definition) is 4. The molecule has 0 saturated heterocycles. The zero-order chi connectivity index (χ0) is 11.7. The van der Waals surface area contributed by atoms with Crippen molar-refractivity contribution in [1.29, 1.82) is 0 Å². The Morgan fingerprint density at radius 2 is 2.06 bits per heavy atom. The lowest BCUT2D eigenvalue weighted by atomic mass is 10.0. The van der Waals surface area contributed by atoms with Crippen LogP contribution in [0.1, 0.15) is 48.7 Å². The molecule has 0 bridgehead atoms. The van der Waals surface area contributed by atoms with Gasteiger partial charge in [0.25, 0.3) is 0 Å². The van der Waals surface area contributed by atoms with Crippen LogP contribution in [0.5, 0.6) is 5.88 Å². The molecule has 0 spiro atoms. The van der Waals surface area contributed by atoms with Gasteiger partial charge in [0, 0.05) is 31.0 Å². The number of nitrogens with one attached hydrogen (secondary N) is 1. The molecule has 0 unspecified atom stereocenters. The van der Waals surface area contributed by atoms with Crippen molar-refractivity contribution in [2.45, 2.75) is 44.6 Å². The Labute approximate surface area is 102 Å². The van der Waals surface area contributed by atoms with Crippen LogP contribution < -0.4 is 10.1 Å². The van der Waals surface area contributed by atoms with Crippen LogP contribution in [-0.2, 0) is 13.0 Å². The molecule has 2 aliphatic rings. The van der Waals surface area contributed by atoms with Gasteiger partial charge in [-0.1, -0.05) is 12.8 Å². The van der Waals surface area contributed by atoms with Crippen LogP contribution in [0.2, 0.25) is 0 Å². The van der Waals surface area contributed by atoms with Crippen molar-refractivity contribution in [2.24, 2.45) is 0 Å². The molecule has 1 fully saturated rings. The average molecular weight is 233 g/mol. The third-order valence-electron chi connectivity index (χ3n) is 3.83. The Hall–Kier alpha value is -1.16. The van der Waals surface area contributed by atoms with Crippen molar-refractivity contribution in [3.63, 3.8) is 0 Å². The molecule has 1 saturated carbocycles. The first-order valence-electron chi connectivity index (χ1n) is 6.53. The molecule has 4 nitrogen and oxygen atoms in total. The molecule has 17 heavy (non-hydrogen) atoms. The quantitative estimate of drug-likeness (QED) is 0.846. The smallest absolute Gasteiger partial charge is 0.221 e. The van der Waals surface area contributed by atoms with Crippen molar-refractivity contribution in [3.8, 4) is 5.88 Å². The maximum Gasteiger partial charge on any atom is 0.221 e. The van der Waals surface area contributed by atoms with E-state index in [4.69, 9.17) is 9.72 Å². The Bertz CT molecular complexity index is 396. The molecule has 0 radical (unpaired) electrons. The monoisotopic (exact) mass is 233 g/mol. The molecule has 4 heteroatoms. The topological polar surface area (TPSA) is 47.0 Å². The summed E-state index contributed by atoms with van der Waals surface area (Å²) < 4.78 is 5.42. The SMILES string of the molecule is COc1nc(C2CCCC2)nc2c1CNCC2. The normalized spacial score (nSPS) is 20.3. The van der Waals surface area contributed by atoms with Gasteiger partial charge in [0.05, 0.1) is 12.8 Å². The van der Waals surface area contributed by atoms with E-state index >= 15 is 0 Å². The summed E-state index contributed by atoms with van der Waals surface area (Å²) in [4.78, 5) is 9.39. The molecule has 0 atom stereocenters. The number of fused-ring (bicyclic) bond motifs is 1. The lowest BCUT2D eigenvalue weighted by molar-refractivity contribution is 0.380. The van der Waals surface area contributed by atoms with Gasteiger partial charge in [0.15, 0.2) is 0 Å². The van der Waals surface area contributed by atoms with Gasteiger partial charge in [0.1, 0.15) is 5.82 Å². The summed E-state index contributed by atoms with van der Waals surface area (Å²) in [5.74, 6) is 2.35. The lowest BCUT2D eigenvalue weighted by Gasteiger charge is -2.20. The minimum atomic E-state index is 0.559. The summed E-state index contributed by atoms with van der Waals surface area (Å²) in [7, 11) is 1.70. The summed E-state index contributed by atoms with van der Waals surface area (Å²) in [5.41, 5.74) is 2.35. The molecule has 1 aliphatic heterocycles. The third kappa shape index (κ3) is 2.02. The van der Waals surface area contributed by atoms with E-state index in [0.717, 1.165) is 36.8 Å². The molecule has 1 aromatic heterocycles. The first-order chi connectivity index (χ1) is 8.38. The standard InChI is InChI=1S/C13H19N3O/c1-17-13-10-8-14-7-6-11(10)15-12(16-13)9-4-2-3-5-9/h9,14H,2-8H2,1H3. The Morgan fingerprint density at radius 3 is 2.82 bits per heavy atom. The minimum absolute atomic E-state index is 0.559. The molecule has 92 valence electrons. The van der Waals surface area contributed by atoms with Gasteiger partial charge in [-0.3, -0.25) is 0 Å². The maximum atomic E-state index is 5.42. The first kappa shape index (κ1) is 11.0. The number of methoxy groups -OCH3 is 1. The minimum Gasteiger partial charge on any atom is -0.481 e. The van der Waals surface area contributed by atoms with E-state index in [0.29, 0.717) is 5.92 Å². The van der Waals surface area contributed by atoms with Crippen molar-refractivity contribution in [2.75, 3.05) is 13.7 Å². The largest absolute Gasteiger partial charge is 0.481 e. The highest BCUT2D eigenvalue weighted by Gasteiger charge is 2.24. The second-order valence-electron chi connectivity index (χ2n) is 4.92. The van der Waals surface area contributed by atoms with Crippen LogP contribution in [0.25, 0.3) is 0 Å². The van der Waals surface area contributed by atoms with Crippen molar-refractivity contribution in [3.05, 3.63) is 17.1 Å². The number of nitrogens with zero attached hydrogens (tertiary/aromatic N) is 2. The molecule has 0 aromatic carbocycles. The number of hydrogen-bond donors (Lipinski definition) is 1. The molecule has 0 amide bonds. The highest BCUT2D eigenvalue weighted by atomic mass is 16.5. The fourth-order valence-corrected chi connectivity index (χ4v) is 2.87. The highest BCUT2D eigenvalue weighted by molar-refractivity contribution is 5.33. The predicted molar refractivity (Wildman–Crippen MR) is 65.2 cm³/mol. The van der Waals surface area contributed by atoms with E-state index in [1.807, 2.05) is 0 Å². The van der Waals surface area contributed by atoms with E-state index in [2.05, 4.69) is 10.3 Å². The molecule has 1 aromatic rings. The van der Waals surface area contributed by atoms with Crippen LogP contribution in [0.15, 0.2) is 0 Å². The first-order valence-corrected chi connectivity index (χ1v) is 6.53. The molecular weight excluding hydrogens is 214 g/mol. The van der Waals surface area contributed by atoms with E-state index in [1.54, 1.807) is 7.11 Å². The van der Waals surface area contributed by atoms with Gasteiger partial charge in [-0.2, -0.15) is 4.98 Å². The zero-order valence-corrected chi connectivity index (χ0v) is 10.3. The lowest BCUT2D eigenvalue weighted by Crippen LogP contribution is -2.26. The van der Waals surface area contributed by atoms with Crippen molar-refractivity contribution < 1.29 is 4.74 Å². The second kappa shape index (κ2) is 4.61. The van der Waals surface area contributed by atoms with Gasteiger partial charge in [-0.15, -0.1) is 0 Å². The Balaban J connectivity index is 1.99. The average Bonchev–Trinajstić information content (AvgIpc) is 2.91. The summed E-state index contributed by atoms with van der Waals surface area (Å²) in [6.07, 6.45) is 6.10. The van der Waals surface area contributed by atoms with Gasteiger partial charge < -0.3 is 10.1 Å². The molecular formula is C13H19N3O. The third-order valence-corrected chi connectivity index (χ3v) is 3.83. The van der Waals surface area contributed by atoms with Crippen LogP contribution in [0.3, 0.4) is 0 Å². The highest BCUT2D eigenvalue weighted by Crippen LogP contribution is 2.34. The van der Waals surface area contributed by atoms with E-state index < -0.39 is 0 Å². The number of ether oxygens (including phenoxy) is 1. The van der Waals surface area contributed by atoms with E-state index in [-0.39, 0.29) is 0 Å². The fourth-order valence-electron chi connectivity index (χ4n) is 2.87. The predicted octanol–water partition coefficient (Wildman–Crippen LogP) is 1.79. The zero-order valence-electron chi connectivity index (χ0n) is 10.3. The van der Waals surface area contributed by atoms with Crippen LogP contribution in [0, 0.1) is 0 Å². The number of rotatable bonds is 2. The number of aromatic nitrogens is 2. The molecule has 2 heterocycles. The fraction of sp³-hybridized carbons (Fsp3) is 0.692. The van der Waals surface area contributed by atoms with E-state index in [9.17, 15) is 0 Å². The van der Waals surface area contributed by atoms with Crippen LogP contribution >= 0.6 is 0 Å². The van der Waals surface area contributed by atoms with Gasteiger partial charge in [-0.25, -0.2) is 4.98 Å². The summed E-state index contributed by atoms with van der Waals surface area (Å²) in [6.45, 7) is 1.85. The van der Waals surface area contributed by atoms with Gasteiger partial charge in [-0.05, 0) is 12.8 Å². The Kier molecular flexibility index (Phi) is 2.97. The van der Waals surface area contributed by atoms with Crippen LogP contribution in [-0.4, -0.2) is 23.6 Å². The molecule has 1 aliphatic carbocycles. The summed E-state index contributed by atoms with van der Waals surface area (Å²) >= 11 is 0.